The summed E-state index contributed by atoms with van der Waals surface area (Å²) in [4.78, 5) is 14.2. The first-order valence-electron chi connectivity index (χ1n) is 11.7. The van der Waals surface area contributed by atoms with Crippen molar-refractivity contribution in [1.29, 1.82) is 0 Å². The Morgan fingerprint density at radius 1 is 0.970 bits per heavy atom. The van der Waals surface area contributed by atoms with Crippen molar-refractivity contribution in [1.82, 2.24) is 25.4 Å². The molecule has 2 heterocycles. The van der Waals surface area contributed by atoms with Gasteiger partial charge in [0.15, 0.2) is 5.96 Å². The Labute approximate surface area is 196 Å². The van der Waals surface area contributed by atoms with Crippen LogP contribution in [0.3, 0.4) is 0 Å². The predicted molar refractivity (Wildman–Crippen MR) is 133 cm³/mol. The summed E-state index contributed by atoms with van der Waals surface area (Å²) in [5.74, 6) is 1.40. The molecule has 7 heteroatoms. The molecule has 1 fully saturated rings. The second kappa shape index (κ2) is 11.6. The molecular formula is C26H34N6O. The van der Waals surface area contributed by atoms with Crippen molar-refractivity contribution in [2.24, 2.45) is 4.99 Å². The first-order valence-corrected chi connectivity index (χ1v) is 11.7. The number of aromatic nitrogens is 1. The summed E-state index contributed by atoms with van der Waals surface area (Å²) in [6.07, 6.45) is 1.69. The number of oxazole rings is 1. The van der Waals surface area contributed by atoms with Gasteiger partial charge < -0.3 is 20.0 Å². The number of nitrogens with zero attached hydrogens (tertiary/aromatic N) is 4. The number of nitrogens with one attached hydrogen (secondary N) is 2. The Morgan fingerprint density at radius 3 is 2.42 bits per heavy atom. The van der Waals surface area contributed by atoms with Crippen LogP contribution < -0.4 is 10.6 Å². The maximum absolute atomic E-state index is 5.63. The van der Waals surface area contributed by atoms with Crippen molar-refractivity contribution in [3.63, 3.8) is 0 Å². The number of hydrogen-bond donors (Lipinski definition) is 2. The molecule has 1 aliphatic rings. The molecule has 0 radical (unpaired) electrons. The minimum absolute atomic E-state index is 0.548. The summed E-state index contributed by atoms with van der Waals surface area (Å²) < 4.78 is 5.63. The predicted octanol–water partition coefficient (Wildman–Crippen LogP) is 3.34. The molecule has 1 saturated heterocycles. The monoisotopic (exact) mass is 446 g/mol. The lowest BCUT2D eigenvalue weighted by atomic mass is 10.1. The molecule has 2 aromatic carbocycles. The van der Waals surface area contributed by atoms with Crippen LogP contribution in [0.1, 0.15) is 23.7 Å². The maximum atomic E-state index is 5.63. The van der Waals surface area contributed by atoms with E-state index >= 15 is 0 Å². The molecular weight excluding hydrogens is 412 g/mol. The van der Waals surface area contributed by atoms with E-state index in [0.717, 1.165) is 56.5 Å². The highest BCUT2D eigenvalue weighted by Crippen LogP contribution is 2.17. The van der Waals surface area contributed by atoms with E-state index in [1.54, 1.807) is 6.26 Å². The highest BCUT2D eigenvalue weighted by Gasteiger charge is 2.13. The zero-order chi connectivity index (χ0) is 22.9. The number of rotatable bonds is 8. The number of piperazine rings is 1. The lowest BCUT2D eigenvalue weighted by Gasteiger charge is -2.32. The van der Waals surface area contributed by atoms with Crippen LogP contribution >= 0.6 is 0 Å². The van der Waals surface area contributed by atoms with Crippen molar-refractivity contribution in [3.8, 4) is 11.5 Å². The lowest BCUT2D eigenvalue weighted by Crippen LogP contribution is -2.43. The molecule has 0 bridgehead atoms. The van der Waals surface area contributed by atoms with E-state index in [1.807, 2.05) is 30.3 Å². The third kappa shape index (κ3) is 6.91. The van der Waals surface area contributed by atoms with Gasteiger partial charge in [0.05, 0.1) is 18.8 Å². The van der Waals surface area contributed by atoms with Crippen LogP contribution in [-0.2, 0) is 19.6 Å². The largest absolute Gasteiger partial charge is 0.444 e. The van der Waals surface area contributed by atoms with Crippen LogP contribution in [-0.4, -0.2) is 60.5 Å². The number of benzene rings is 2. The summed E-state index contributed by atoms with van der Waals surface area (Å²) in [7, 11) is 2.19. The van der Waals surface area contributed by atoms with E-state index in [4.69, 9.17) is 9.41 Å². The molecule has 4 rings (SSSR count). The Bertz CT molecular complexity index is 1010. The molecule has 0 aliphatic carbocycles. The second-order valence-corrected chi connectivity index (χ2v) is 8.45. The van der Waals surface area contributed by atoms with Crippen LogP contribution in [0, 0.1) is 0 Å². The first-order chi connectivity index (χ1) is 16.2. The van der Waals surface area contributed by atoms with Crippen molar-refractivity contribution >= 4 is 5.96 Å². The SMILES string of the molecule is CCNC(=NCc1ccc(CN2CCN(C)CC2)cc1)NCc1coc(-c2ccccc2)n1. The van der Waals surface area contributed by atoms with E-state index in [-0.39, 0.29) is 0 Å². The van der Waals surface area contributed by atoms with E-state index in [0.29, 0.717) is 19.0 Å². The maximum Gasteiger partial charge on any atom is 0.226 e. The smallest absolute Gasteiger partial charge is 0.226 e. The summed E-state index contributed by atoms with van der Waals surface area (Å²) in [5.41, 5.74) is 4.37. The van der Waals surface area contributed by atoms with Gasteiger partial charge in [-0.2, -0.15) is 0 Å². The molecule has 1 aliphatic heterocycles. The summed E-state index contributed by atoms with van der Waals surface area (Å²) >= 11 is 0. The average Bonchev–Trinajstić information content (AvgIpc) is 3.33. The Morgan fingerprint density at radius 2 is 1.70 bits per heavy atom. The topological polar surface area (TPSA) is 68.9 Å². The van der Waals surface area contributed by atoms with Gasteiger partial charge in [0.1, 0.15) is 6.26 Å². The van der Waals surface area contributed by atoms with Gasteiger partial charge in [-0.3, -0.25) is 4.90 Å². The standard InChI is InChI=1S/C26H34N6O/c1-3-27-26(29-18-24-20-33-25(30-24)23-7-5-4-6-8-23)28-17-21-9-11-22(12-10-21)19-32-15-13-31(2)14-16-32/h4-12,20H,3,13-19H2,1-2H3,(H2,27,28,29). The van der Waals surface area contributed by atoms with E-state index in [9.17, 15) is 0 Å². The number of hydrogen-bond acceptors (Lipinski definition) is 5. The molecule has 174 valence electrons. The van der Waals surface area contributed by atoms with E-state index < -0.39 is 0 Å². The summed E-state index contributed by atoms with van der Waals surface area (Å²) in [6.45, 7) is 9.62. The van der Waals surface area contributed by atoms with Crippen molar-refractivity contribution in [2.45, 2.75) is 26.6 Å². The molecule has 7 nitrogen and oxygen atoms in total. The Balaban J connectivity index is 1.29. The van der Waals surface area contributed by atoms with Crippen molar-refractivity contribution in [3.05, 3.63) is 77.7 Å². The quantitative estimate of drug-likeness (QED) is 0.409. The zero-order valence-electron chi connectivity index (χ0n) is 19.6. The zero-order valence-corrected chi connectivity index (χ0v) is 19.6. The fraction of sp³-hybridized carbons (Fsp3) is 0.385. The van der Waals surface area contributed by atoms with Crippen LogP contribution in [0.5, 0.6) is 0 Å². The lowest BCUT2D eigenvalue weighted by molar-refractivity contribution is 0.148. The van der Waals surface area contributed by atoms with Crippen LogP contribution in [0.15, 0.2) is 70.3 Å². The fourth-order valence-corrected chi connectivity index (χ4v) is 3.80. The summed E-state index contributed by atoms with van der Waals surface area (Å²) in [6, 6.07) is 18.7. The average molecular weight is 447 g/mol. The molecule has 1 aromatic heterocycles. The minimum atomic E-state index is 0.548. The Hall–Kier alpha value is -3.16. The summed E-state index contributed by atoms with van der Waals surface area (Å²) in [5, 5.41) is 6.65. The van der Waals surface area contributed by atoms with E-state index in [1.165, 1.54) is 11.1 Å². The fourth-order valence-electron chi connectivity index (χ4n) is 3.80. The molecule has 0 amide bonds. The Kier molecular flexibility index (Phi) is 8.11. The van der Waals surface area contributed by atoms with Crippen molar-refractivity contribution < 1.29 is 4.42 Å². The third-order valence-electron chi connectivity index (χ3n) is 5.80. The minimum Gasteiger partial charge on any atom is -0.444 e. The number of aliphatic imine (C=N–C) groups is 1. The normalized spacial score (nSPS) is 15.5. The van der Waals surface area contributed by atoms with Gasteiger partial charge in [0.2, 0.25) is 5.89 Å². The van der Waals surface area contributed by atoms with Crippen LogP contribution in [0.2, 0.25) is 0 Å². The second-order valence-electron chi connectivity index (χ2n) is 8.45. The molecule has 0 spiro atoms. The van der Waals surface area contributed by atoms with Crippen molar-refractivity contribution in [2.75, 3.05) is 39.8 Å². The molecule has 0 atom stereocenters. The first kappa shape index (κ1) is 23.0. The van der Waals surface area contributed by atoms with Gasteiger partial charge in [0, 0.05) is 44.8 Å². The number of likely N-dealkylation sites (N-methyl/N-ethyl adjacent to an activating group) is 1. The molecule has 3 aromatic rings. The van der Waals surface area contributed by atoms with Gasteiger partial charge >= 0.3 is 0 Å². The molecule has 0 saturated carbocycles. The van der Waals surface area contributed by atoms with Crippen LogP contribution in [0.4, 0.5) is 0 Å². The molecule has 0 unspecified atom stereocenters. The van der Waals surface area contributed by atoms with Crippen LogP contribution in [0.25, 0.3) is 11.5 Å². The van der Waals surface area contributed by atoms with Gasteiger partial charge in [-0.25, -0.2) is 9.98 Å². The number of guanidine groups is 1. The van der Waals surface area contributed by atoms with Gasteiger partial charge in [0.25, 0.3) is 0 Å². The van der Waals surface area contributed by atoms with Gasteiger partial charge in [-0.05, 0) is 37.2 Å². The molecule has 2 N–H and O–H groups in total. The third-order valence-corrected chi connectivity index (χ3v) is 5.80. The molecule has 33 heavy (non-hydrogen) atoms. The van der Waals surface area contributed by atoms with Gasteiger partial charge in [-0.1, -0.05) is 42.5 Å². The highest BCUT2D eigenvalue weighted by molar-refractivity contribution is 5.79. The highest BCUT2D eigenvalue weighted by atomic mass is 16.3. The van der Waals surface area contributed by atoms with E-state index in [2.05, 4.69) is 63.7 Å². The van der Waals surface area contributed by atoms with Gasteiger partial charge in [-0.15, -0.1) is 0 Å².